The molecule has 1 fully saturated rings. The van der Waals surface area contributed by atoms with E-state index in [1.54, 1.807) is 0 Å². The first kappa shape index (κ1) is 14.8. The van der Waals surface area contributed by atoms with Crippen LogP contribution in [0.1, 0.15) is 25.5 Å². The van der Waals surface area contributed by atoms with E-state index in [4.69, 9.17) is 5.73 Å². The second-order valence-electron chi connectivity index (χ2n) is 5.16. The maximum atomic E-state index is 11.6. The fourth-order valence-electron chi connectivity index (χ4n) is 2.40. The SMILES string of the molecule is CC(N)c1ccc(N2CCS(=O)(=O)CC2C)c(Br)c1. The number of rotatable bonds is 2. The van der Waals surface area contributed by atoms with E-state index in [1.165, 1.54) is 0 Å². The van der Waals surface area contributed by atoms with E-state index in [0.29, 0.717) is 6.54 Å². The minimum absolute atomic E-state index is 0.00352. The van der Waals surface area contributed by atoms with Crippen LogP contribution in [0, 0.1) is 0 Å². The molecule has 1 aromatic rings. The largest absolute Gasteiger partial charge is 0.366 e. The summed E-state index contributed by atoms with van der Waals surface area (Å²) < 4.78 is 24.2. The predicted molar refractivity (Wildman–Crippen MR) is 82.2 cm³/mol. The van der Waals surface area contributed by atoms with Crippen LogP contribution in [0.5, 0.6) is 0 Å². The molecule has 2 N–H and O–H groups in total. The van der Waals surface area contributed by atoms with Gasteiger partial charge in [-0.05, 0) is 47.5 Å². The maximum Gasteiger partial charge on any atom is 0.154 e. The first-order chi connectivity index (χ1) is 8.80. The fourth-order valence-corrected chi connectivity index (χ4v) is 4.58. The van der Waals surface area contributed by atoms with Crippen molar-refractivity contribution in [3.8, 4) is 0 Å². The second kappa shape index (κ2) is 5.42. The first-order valence-electron chi connectivity index (χ1n) is 6.32. The van der Waals surface area contributed by atoms with Gasteiger partial charge in [0.05, 0.1) is 17.2 Å². The summed E-state index contributed by atoms with van der Waals surface area (Å²) in [5, 5.41) is 0. The van der Waals surface area contributed by atoms with E-state index in [1.807, 2.05) is 32.0 Å². The van der Waals surface area contributed by atoms with Crippen molar-refractivity contribution < 1.29 is 8.42 Å². The quantitative estimate of drug-likeness (QED) is 0.890. The molecule has 1 saturated heterocycles. The normalized spacial score (nSPS) is 24.2. The van der Waals surface area contributed by atoms with Crippen molar-refractivity contribution in [2.24, 2.45) is 5.73 Å². The highest BCUT2D eigenvalue weighted by Gasteiger charge is 2.29. The van der Waals surface area contributed by atoms with E-state index in [-0.39, 0.29) is 23.6 Å². The van der Waals surface area contributed by atoms with E-state index in [2.05, 4.69) is 20.8 Å². The average molecular weight is 347 g/mol. The van der Waals surface area contributed by atoms with E-state index in [9.17, 15) is 8.42 Å². The monoisotopic (exact) mass is 346 g/mol. The fraction of sp³-hybridized carbons (Fsp3) is 0.538. The predicted octanol–water partition coefficient (Wildman–Crippen LogP) is 2.09. The van der Waals surface area contributed by atoms with Gasteiger partial charge in [-0.15, -0.1) is 0 Å². The highest BCUT2D eigenvalue weighted by molar-refractivity contribution is 9.10. The number of hydrogen-bond acceptors (Lipinski definition) is 4. The Hall–Kier alpha value is -0.590. The Morgan fingerprint density at radius 3 is 2.68 bits per heavy atom. The zero-order valence-corrected chi connectivity index (χ0v) is 13.5. The molecule has 1 aliphatic heterocycles. The summed E-state index contributed by atoms with van der Waals surface area (Å²) in [7, 11) is -2.88. The Balaban J connectivity index is 2.28. The van der Waals surface area contributed by atoms with Crippen LogP contribution in [0.25, 0.3) is 0 Å². The van der Waals surface area contributed by atoms with Gasteiger partial charge in [0.2, 0.25) is 0 Å². The molecule has 1 aliphatic rings. The number of hydrogen-bond donors (Lipinski definition) is 1. The first-order valence-corrected chi connectivity index (χ1v) is 8.94. The van der Waals surface area contributed by atoms with Crippen molar-refractivity contribution in [1.82, 2.24) is 0 Å². The Morgan fingerprint density at radius 1 is 1.47 bits per heavy atom. The van der Waals surface area contributed by atoms with Crippen LogP contribution in [0.4, 0.5) is 5.69 Å². The summed E-state index contributed by atoms with van der Waals surface area (Å²) in [4.78, 5) is 2.14. The molecule has 19 heavy (non-hydrogen) atoms. The molecule has 0 bridgehead atoms. The molecule has 2 unspecified atom stereocenters. The van der Waals surface area contributed by atoms with Crippen LogP contribution in [-0.4, -0.2) is 32.5 Å². The Bertz CT molecular complexity index is 572. The Labute approximate surface area is 123 Å². The minimum Gasteiger partial charge on any atom is -0.366 e. The molecule has 6 heteroatoms. The van der Waals surface area contributed by atoms with Crippen molar-refractivity contribution in [3.05, 3.63) is 28.2 Å². The zero-order chi connectivity index (χ0) is 14.2. The number of sulfone groups is 1. The molecule has 4 nitrogen and oxygen atoms in total. The Kier molecular flexibility index (Phi) is 4.23. The number of nitrogens with two attached hydrogens (primary N) is 1. The molecule has 2 rings (SSSR count). The third-order valence-electron chi connectivity index (χ3n) is 3.48. The van der Waals surface area contributed by atoms with Crippen molar-refractivity contribution in [2.45, 2.75) is 25.9 Å². The highest BCUT2D eigenvalue weighted by atomic mass is 79.9. The molecule has 0 aromatic heterocycles. The molecule has 1 heterocycles. The summed E-state index contributed by atoms with van der Waals surface area (Å²) in [5.41, 5.74) is 7.96. The summed E-state index contributed by atoms with van der Waals surface area (Å²) >= 11 is 3.56. The molecule has 0 aliphatic carbocycles. The van der Waals surface area contributed by atoms with Gasteiger partial charge in [-0.25, -0.2) is 8.42 Å². The number of halogens is 1. The van der Waals surface area contributed by atoms with Crippen LogP contribution >= 0.6 is 15.9 Å². The smallest absolute Gasteiger partial charge is 0.154 e. The summed E-state index contributed by atoms with van der Waals surface area (Å²) in [6, 6.07) is 6.01. The van der Waals surface area contributed by atoms with Gasteiger partial charge in [0.25, 0.3) is 0 Å². The molecule has 0 spiro atoms. The molecule has 0 saturated carbocycles. The van der Waals surface area contributed by atoms with Crippen LogP contribution in [0.3, 0.4) is 0 Å². The molecular weight excluding hydrogens is 328 g/mol. The van der Waals surface area contributed by atoms with Crippen molar-refractivity contribution in [3.63, 3.8) is 0 Å². The van der Waals surface area contributed by atoms with Crippen LogP contribution in [0.2, 0.25) is 0 Å². The van der Waals surface area contributed by atoms with E-state index in [0.717, 1.165) is 15.7 Å². The van der Waals surface area contributed by atoms with Gasteiger partial charge in [-0.3, -0.25) is 0 Å². The minimum atomic E-state index is -2.88. The van der Waals surface area contributed by atoms with Crippen molar-refractivity contribution in [2.75, 3.05) is 23.0 Å². The number of nitrogens with zero attached hydrogens (tertiary/aromatic N) is 1. The highest BCUT2D eigenvalue weighted by Crippen LogP contribution is 2.31. The van der Waals surface area contributed by atoms with Gasteiger partial charge in [-0.1, -0.05) is 6.07 Å². The Morgan fingerprint density at radius 2 is 2.16 bits per heavy atom. The molecule has 0 radical (unpaired) electrons. The van der Waals surface area contributed by atoms with Gasteiger partial charge in [0.1, 0.15) is 0 Å². The van der Waals surface area contributed by atoms with E-state index < -0.39 is 9.84 Å². The molecule has 1 aromatic carbocycles. The number of benzene rings is 1. The lowest BCUT2D eigenvalue weighted by Gasteiger charge is -2.36. The summed E-state index contributed by atoms with van der Waals surface area (Å²) in [6.07, 6.45) is 0. The zero-order valence-electron chi connectivity index (χ0n) is 11.1. The number of anilines is 1. The third-order valence-corrected chi connectivity index (χ3v) is 5.91. The van der Waals surface area contributed by atoms with Crippen LogP contribution in [0.15, 0.2) is 22.7 Å². The van der Waals surface area contributed by atoms with Gasteiger partial charge < -0.3 is 10.6 Å². The standard InChI is InChI=1S/C13H19BrN2O2S/c1-9-8-19(17,18)6-5-16(9)13-4-3-11(10(2)15)7-12(13)14/h3-4,7,9-10H,5-6,8,15H2,1-2H3. The van der Waals surface area contributed by atoms with Gasteiger partial charge in [0.15, 0.2) is 9.84 Å². The summed E-state index contributed by atoms with van der Waals surface area (Å²) in [5.74, 6) is 0.438. The summed E-state index contributed by atoms with van der Waals surface area (Å²) in [6.45, 7) is 4.43. The van der Waals surface area contributed by atoms with Gasteiger partial charge in [0, 0.05) is 23.1 Å². The van der Waals surface area contributed by atoms with Crippen molar-refractivity contribution >= 4 is 31.5 Å². The van der Waals surface area contributed by atoms with Crippen LogP contribution in [-0.2, 0) is 9.84 Å². The van der Waals surface area contributed by atoms with Gasteiger partial charge >= 0.3 is 0 Å². The van der Waals surface area contributed by atoms with Crippen LogP contribution < -0.4 is 10.6 Å². The van der Waals surface area contributed by atoms with Gasteiger partial charge in [-0.2, -0.15) is 0 Å². The van der Waals surface area contributed by atoms with E-state index >= 15 is 0 Å². The topological polar surface area (TPSA) is 63.4 Å². The average Bonchev–Trinajstić information content (AvgIpc) is 2.29. The second-order valence-corrected chi connectivity index (χ2v) is 8.24. The lowest BCUT2D eigenvalue weighted by Crippen LogP contribution is -2.47. The molecule has 2 atom stereocenters. The molecular formula is C13H19BrN2O2S. The lowest BCUT2D eigenvalue weighted by atomic mass is 10.1. The molecule has 106 valence electrons. The van der Waals surface area contributed by atoms with Crippen molar-refractivity contribution in [1.29, 1.82) is 0 Å². The third kappa shape index (κ3) is 3.30. The lowest BCUT2D eigenvalue weighted by molar-refractivity contribution is 0.568. The maximum absolute atomic E-state index is 11.6. The molecule has 0 amide bonds.